The smallest absolute Gasteiger partial charge is 0.170 e. The van der Waals surface area contributed by atoms with E-state index in [4.69, 9.17) is 26.7 Å². The van der Waals surface area contributed by atoms with Gasteiger partial charge in [0.1, 0.15) is 5.01 Å². The first kappa shape index (κ1) is 22.0. The minimum Gasteiger partial charge on any atom is -0.493 e. The van der Waals surface area contributed by atoms with Gasteiger partial charge in [-0.1, -0.05) is 12.1 Å². The molecule has 1 heterocycles. The van der Waals surface area contributed by atoms with Crippen LogP contribution in [0.1, 0.15) is 11.1 Å². The summed E-state index contributed by atoms with van der Waals surface area (Å²) in [5.74, 6) is 1.46. The fourth-order valence-electron chi connectivity index (χ4n) is 3.38. The molecule has 0 unspecified atom stereocenters. The molecule has 3 aromatic carbocycles. The summed E-state index contributed by atoms with van der Waals surface area (Å²) in [7, 11) is 3.28. The van der Waals surface area contributed by atoms with Crippen molar-refractivity contribution in [1.29, 1.82) is 0 Å². The highest BCUT2D eigenvalue weighted by atomic mass is 32.1. The van der Waals surface area contributed by atoms with E-state index in [0.29, 0.717) is 11.7 Å². The van der Waals surface area contributed by atoms with Crippen molar-refractivity contribution in [3.63, 3.8) is 0 Å². The molecule has 0 bridgehead atoms. The van der Waals surface area contributed by atoms with Gasteiger partial charge >= 0.3 is 0 Å². The normalized spacial score (nSPS) is 10.7. The molecule has 0 aliphatic heterocycles. The number of aryl methyl sites for hydroxylation is 1. The van der Waals surface area contributed by atoms with Crippen LogP contribution in [-0.2, 0) is 6.42 Å². The molecule has 0 spiro atoms. The molecule has 5 nitrogen and oxygen atoms in total. The van der Waals surface area contributed by atoms with Crippen molar-refractivity contribution < 1.29 is 9.47 Å². The van der Waals surface area contributed by atoms with Crippen LogP contribution in [0.25, 0.3) is 20.8 Å². The van der Waals surface area contributed by atoms with Crippen LogP contribution in [0.2, 0.25) is 0 Å². The molecular formula is C25H25N3O2S2. The lowest BCUT2D eigenvalue weighted by Gasteiger charge is -2.12. The molecule has 0 aliphatic rings. The van der Waals surface area contributed by atoms with Crippen LogP contribution in [-0.4, -0.2) is 30.9 Å². The Hall–Kier alpha value is -3.16. The summed E-state index contributed by atoms with van der Waals surface area (Å²) in [6, 6.07) is 20.5. The topological polar surface area (TPSA) is 55.4 Å². The molecule has 164 valence electrons. The maximum atomic E-state index is 5.44. The molecule has 4 rings (SSSR count). The van der Waals surface area contributed by atoms with E-state index >= 15 is 0 Å². The Morgan fingerprint density at radius 3 is 2.50 bits per heavy atom. The lowest BCUT2D eigenvalue weighted by atomic mass is 10.1. The molecule has 0 saturated heterocycles. The van der Waals surface area contributed by atoms with Gasteiger partial charge in [0.05, 0.1) is 24.4 Å². The summed E-state index contributed by atoms with van der Waals surface area (Å²) in [4.78, 5) is 4.75. The predicted octanol–water partition coefficient (Wildman–Crippen LogP) is 5.82. The van der Waals surface area contributed by atoms with Crippen molar-refractivity contribution in [1.82, 2.24) is 10.3 Å². The first-order valence-corrected chi connectivity index (χ1v) is 11.5. The third-order valence-electron chi connectivity index (χ3n) is 5.08. The van der Waals surface area contributed by atoms with Crippen molar-refractivity contribution in [3.8, 4) is 22.1 Å². The van der Waals surface area contributed by atoms with Crippen LogP contribution in [0.15, 0.2) is 60.7 Å². The molecule has 0 saturated carbocycles. The molecule has 0 atom stereocenters. The second kappa shape index (κ2) is 9.97. The monoisotopic (exact) mass is 463 g/mol. The van der Waals surface area contributed by atoms with Gasteiger partial charge in [-0.25, -0.2) is 4.98 Å². The van der Waals surface area contributed by atoms with E-state index in [1.165, 1.54) is 10.3 Å². The molecule has 4 aromatic rings. The van der Waals surface area contributed by atoms with Crippen molar-refractivity contribution in [2.24, 2.45) is 0 Å². The standard InChI is InChI=1S/C25H25N3O2S2/c1-16-4-10-20-23(14-16)32-24(28-20)18-6-8-19(9-7-18)27-25(31)26-13-12-17-5-11-21(29-2)22(15-17)30-3/h4-11,14-15H,12-13H2,1-3H3,(H2,26,27,31). The quantitative estimate of drug-likeness (QED) is 0.337. The summed E-state index contributed by atoms with van der Waals surface area (Å²) < 4.78 is 11.9. The number of rotatable bonds is 7. The van der Waals surface area contributed by atoms with E-state index in [-0.39, 0.29) is 0 Å². The van der Waals surface area contributed by atoms with Crippen LogP contribution < -0.4 is 20.1 Å². The Labute approximate surface area is 197 Å². The average Bonchev–Trinajstić information content (AvgIpc) is 3.22. The van der Waals surface area contributed by atoms with Gasteiger partial charge in [-0.15, -0.1) is 11.3 Å². The number of nitrogens with zero attached hydrogens (tertiary/aromatic N) is 1. The summed E-state index contributed by atoms with van der Waals surface area (Å²) >= 11 is 7.16. The number of nitrogens with one attached hydrogen (secondary N) is 2. The van der Waals surface area contributed by atoms with Gasteiger partial charge in [0.15, 0.2) is 16.6 Å². The summed E-state index contributed by atoms with van der Waals surface area (Å²) in [5, 5.41) is 8.11. The van der Waals surface area contributed by atoms with E-state index in [0.717, 1.165) is 45.3 Å². The second-order valence-electron chi connectivity index (χ2n) is 7.39. The highest BCUT2D eigenvalue weighted by molar-refractivity contribution is 7.80. The minimum absolute atomic E-state index is 0.591. The number of ether oxygens (including phenoxy) is 2. The van der Waals surface area contributed by atoms with Crippen LogP contribution in [0.3, 0.4) is 0 Å². The van der Waals surface area contributed by atoms with Gasteiger partial charge in [0, 0.05) is 17.8 Å². The third kappa shape index (κ3) is 5.18. The second-order valence-corrected chi connectivity index (χ2v) is 8.83. The fraction of sp³-hybridized carbons (Fsp3) is 0.200. The Bertz CT molecular complexity index is 1240. The number of benzene rings is 3. The largest absolute Gasteiger partial charge is 0.493 e. The van der Waals surface area contributed by atoms with E-state index in [9.17, 15) is 0 Å². The van der Waals surface area contributed by atoms with Gasteiger partial charge in [-0.05, 0) is 85.2 Å². The third-order valence-corrected chi connectivity index (χ3v) is 6.39. The predicted molar refractivity (Wildman–Crippen MR) is 137 cm³/mol. The van der Waals surface area contributed by atoms with Crippen molar-refractivity contribution in [2.45, 2.75) is 13.3 Å². The molecule has 0 amide bonds. The highest BCUT2D eigenvalue weighted by Crippen LogP contribution is 2.31. The lowest BCUT2D eigenvalue weighted by molar-refractivity contribution is 0.354. The van der Waals surface area contributed by atoms with Crippen molar-refractivity contribution in [2.75, 3.05) is 26.1 Å². The van der Waals surface area contributed by atoms with Gasteiger partial charge in [-0.3, -0.25) is 0 Å². The summed E-state index contributed by atoms with van der Waals surface area (Å²) in [6.07, 6.45) is 0.818. The SMILES string of the molecule is COc1ccc(CCNC(=S)Nc2ccc(-c3nc4ccc(C)cc4s3)cc2)cc1OC. The maximum absolute atomic E-state index is 5.44. The summed E-state index contributed by atoms with van der Waals surface area (Å²) in [6.45, 7) is 2.81. The van der Waals surface area contributed by atoms with Crippen LogP contribution >= 0.6 is 23.6 Å². The maximum Gasteiger partial charge on any atom is 0.170 e. The Kier molecular flexibility index (Phi) is 6.87. The number of hydrogen-bond acceptors (Lipinski definition) is 5. The number of fused-ring (bicyclic) bond motifs is 1. The van der Waals surface area contributed by atoms with Crippen LogP contribution in [0, 0.1) is 6.92 Å². The first-order valence-electron chi connectivity index (χ1n) is 10.3. The number of aromatic nitrogens is 1. The van der Waals surface area contributed by atoms with Gasteiger partial charge in [-0.2, -0.15) is 0 Å². The van der Waals surface area contributed by atoms with E-state index in [2.05, 4.69) is 47.9 Å². The van der Waals surface area contributed by atoms with E-state index < -0.39 is 0 Å². The molecule has 0 fully saturated rings. The number of thiazole rings is 1. The molecule has 0 radical (unpaired) electrons. The van der Waals surface area contributed by atoms with Crippen LogP contribution in [0.4, 0.5) is 5.69 Å². The van der Waals surface area contributed by atoms with E-state index in [1.807, 2.05) is 30.3 Å². The number of methoxy groups -OCH3 is 2. The molecule has 1 aromatic heterocycles. The molecule has 2 N–H and O–H groups in total. The number of hydrogen-bond donors (Lipinski definition) is 2. The van der Waals surface area contributed by atoms with Gasteiger partial charge in [0.25, 0.3) is 0 Å². The Morgan fingerprint density at radius 2 is 1.75 bits per heavy atom. The zero-order valence-corrected chi connectivity index (χ0v) is 19.9. The zero-order chi connectivity index (χ0) is 22.5. The Balaban J connectivity index is 1.31. The first-order chi connectivity index (χ1) is 15.6. The lowest BCUT2D eigenvalue weighted by Crippen LogP contribution is -2.30. The van der Waals surface area contributed by atoms with Crippen LogP contribution in [0.5, 0.6) is 11.5 Å². The number of anilines is 1. The fourth-order valence-corrected chi connectivity index (χ4v) is 4.67. The summed E-state index contributed by atoms with van der Waals surface area (Å²) in [5.41, 5.74) is 5.47. The van der Waals surface area contributed by atoms with Crippen molar-refractivity contribution >= 4 is 44.6 Å². The average molecular weight is 464 g/mol. The zero-order valence-electron chi connectivity index (χ0n) is 18.3. The molecule has 0 aliphatic carbocycles. The van der Waals surface area contributed by atoms with Gasteiger partial charge < -0.3 is 20.1 Å². The minimum atomic E-state index is 0.591. The van der Waals surface area contributed by atoms with Crippen molar-refractivity contribution in [3.05, 3.63) is 71.8 Å². The molecular weight excluding hydrogens is 438 g/mol. The highest BCUT2D eigenvalue weighted by Gasteiger charge is 2.08. The number of thiocarbonyl (C=S) groups is 1. The molecule has 32 heavy (non-hydrogen) atoms. The Morgan fingerprint density at radius 1 is 0.969 bits per heavy atom. The van der Waals surface area contributed by atoms with E-state index in [1.54, 1.807) is 25.6 Å². The van der Waals surface area contributed by atoms with Gasteiger partial charge in [0.2, 0.25) is 0 Å². The molecule has 7 heteroatoms.